The number of alkyl halides is 5. The van der Waals surface area contributed by atoms with Gasteiger partial charge in [-0.05, 0) is 6.42 Å². The third kappa shape index (κ3) is 6.24. The smallest absolute Gasteiger partial charge is 0.188 e. The van der Waals surface area contributed by atoms with Crippen molar-refractivity contribution in [2.75, 3.05) is 12.4 Å². The standard InChI is InChI=1S/C10H15F5OS/c1-2-8(16)17-4-3-6(12)9(14)10(15)7(13)5-11/h6-7,9-10H,2-5H2,1H3. The van der Waals surface area contributed by atoms with Gasteiger partial charge in [0.25, 0.3) is 0 Å². The maximum atomic E-state index is 13.1. The Hall–Kier alpha value is -0.330. The van der Waals surface area contributed by atoms with Gasteiger partial charge >= 0.3 is 0 Å². The van der Waals surface area contributed by atoms with E-state index in [1.54, 1.807) is 6.92 Å². The first-order valence-corrected chi connectivity index (χ1v) is 6.20. The van der Waals surface area contributed by atoms with Crippen LogP contribution in [0.4, 0.5) is 22.0 Å². The second-order valence-corrected chi connectivity index (χ2v) is 4.59. The summed E-state index contributed by atoms with van der Waals surface area (Å²) in [6.45, 7) is -0.0653. The zero-order valence-corrected chi connectivity index (χ0v) is 10.2. The SMILES string of the molecule is CCC(=O)SCCC(F)C(F)C(F)C(F)CF. The molecule has 0 spiro atoms. The lowest BCUT2D eigenvalue weighted by atomic mass is 10.1. The van der Waals surface area contributed by atoms with Crippen molar-refractivity contribution in [3.63, 3.8) is 0 Å². The quantitative estimate of drug-likeness (QED) is 0.633. The van der Waals surface area contributed by atoms with Crippen LogP contribution < -0.4 is 0 Å². The zero-order chi connectivity index (χ0) is 13.4. The van der Waals surface area contributed by atoms with Crippen LogP contribution in [0.1, 0.15) is 19.8 Å². The molecule has 0 aromatic rings. The lowest BCUT2D eigenvalue weighted by molar-refractivity contribution is -0.110. The minimum absolute atomic E-state index is 0.00639. The molecule has 102 valence electrons. The zero-order valence-electron chi connectivity index (χ0n) is 9.34. The molecule has 4 unspecified atom stereocenters. The van der Waals surface area contributed by atoms with E-state index in [9.17, 15) is 26.7 Å². The first-order valence-electron chi connectivity index (χ1n) is 5.21. The number of hydrogen-bond donors (Lipinski definition) is 0. The Morgan fingerprint density at radius 2 is 1.65 bits per heavy atom. The molecule has 0 N–H and O–H groups in total. The van der Waals surface area contributed by atoms with Gasteiger partial charge in [0.05, 0.1) is 0 Å². The van der Waals surface area contributed by atoms with Gasteiger partial charge in [-0.3, -0.25) is 4.79 Å². The molecule has 0 saturated heterocycles. The van der Waals surface area contributed by atoms with Crippen LogP contribution in [0.15, 0.2) is 0 Å². The third-order valence-corrected chi connectivity index (χ3v) is 3.14. The first kappa shape index (κ1) is 16.7. The average molecular weight is 278 g/mol. The van der Waals surface area contributed by atoms with Crippen LogP contribution in [0.25, 0.3) is 0 Å². The van der Waals surface area contributed by atoms with Crippen LogP contribution in [-0.4, -0.2) is 42.2 Å². The number of halogens is 5. The van der Waals surface area contributed by atoms with Gasteiger partial charge in [0.15, 0.2) is 23.6 Å². The number of thioether (sulfide) groups is 1. The Balaban J connectivity index is 3.96. The van der Waals surface area contributed by atoms with E-state index < -0.39 is 37.8 Å². The van der Waals surface area contributed by atoms with Crippen molar-refractivity contribution in [1.29, 1.82) is 0 Å². The van der Waals surface area contributed by atoms with Crippen LogP contribution in [0, 0.1) is 0 Å². The van der Waals surface area contributed by atoms with E-state index in [0.29, 0.717) is 0 Å². The number of rotatable bonds is 8. The Morgan fingerprint density at radius 3 is 2.12 bits per heavy atom. The average Bonchev–Trinajstić information content (AvgIpc) is 2.35. The Morgan fingerprint density at radius 1 is 1.12 bits per heavy atom. The summed E-state index contributed by atoms with van der Waals surface area (Å²) in [6.07, 6.45) is -10.5. The van der Waals surface area contributed by atoms with Gasteiger partial charge in [-0.15, -0.1) is 0 Å². The van der Waals surface area contributed by atoms with E-state index in [0.717, 1.165) is 11.8 Å². The van der Waals surface area contributed by atoms with E-state index in [4.69, 9.17) is 0 Å². The summed E-state index contributed by atoms with van der Waals surface area (Å²) >= 11 is 0.812. The molecule has 0 aliphatic carbocycles. The summed E-state index contributed by atoms with van der Waals surface area (Å²) < 4.78 is 63.0. The number of carbonyl (C=O) groups is 1. The van der Waals surface area contributed by atoms with Crippen molar-refractivity contribution in [3.8, 4) is 0 Å². The third-order valence-electron chi connectivity index (χ3n) is 2.09. The van der Waals surface area contributed by atoms with Crippen molar-refractivity contribution < 1.29 is 26.7 Å². The summed E-state index contributed by atoms with van der Waals surface area (Å²) in [5, 5.41) is -0.184. The van der Waals surface area contributed by atoms with Gasteiger partial charge in [0, 0.05) is 12.2 Å². The van der Waals surface area contributed by atoms with Crippen LogP contribution in [0.3, 0.4) is 0 Å². The fraction of sp³-hybridized carbons (Fsp3) is 0.900. The molecular formula is C10H15F5OS. The van der Waals surface area contributed by atoms with Gasteiger partial charge in [0.2, 0.25) is 0 Å². The normalized spacial score (nSPS) is 18.5. The summed E-state index contributed by atoms with van der Waals surface area (Å²) in [5.74, 6) is -0.00639. The molecule has 0 aromatic heterocycles. The molecule has 17 heavy (non-hydrogen) atoms. The van der Waals surface area contributed by atoms with Gasteiger partial charge < -0.3 is 0 Å². The highest BCUT2D eigenvalue weighted by Crippen LogP contribution is 2.21. The van der Waals surface area contributed by atoms with Gasteiger partial charge in [-0.2, -0.15) is 0 Å². The fourth-order valence-corrected chi connectivity index (χ4v) is 1.81. The summed E-state index contributed by atoms with van der Waals surface area (Å²) in [6, 6.07) is 0. The van der Waals surface area contributed by atoms with E-state index in [1.807, 2.05) is 0 Å². The topological polar surface area (TPSA) is 17.1 Å². The van der Waals surface area contributed by atoms with E-state index >= 15 is 0 Å². The summed E-state index contributed by atoms with van der Waals surface area (Å²) in [7, 11) is 0. The van der Waals surface area contributed by atoms with E-state index in [2.05, 4.69) is 0 Å². The maximum absolute atomic E-state index is 13.1. The highest BCUT2D eigenvalue weighted by molar-refractivity contribution is 8.13. The fourth-order valence-electron chi connectivity index (χ4n) is 1.03. The lowest BCUT2D eigenvalue weighted by Gasteiger charge is -2.18. The van der Waals surface area contributed by atoms with Gasteiger partial charge in [-0.1, -0.05) is 18.7 Å². The molecule has 0 rings (SSSR count). The Bertz CT molecular complexity index is 229. The van der Waals surface area contributed by atoms with Crippen LogP contribution in [0.5, 0.6) is 0 Å². The Labute approximate surface area is 101 Å². The molecule has 0 heterocycles. The molecule has 1 nitrogen and oxygen atoms in total. The number of hydrogen-bond acceptors (Lipinski definition) is 2. The van der Waals surface area contributed by atoms with Gasteiger partial charge in [-0.25, -0.2) is 22.0 Å². The monoisotopic (exact) mass is 278 g/mol. The molecule has 0 saturated carbocycles. The van der Waals surface area contributed by atoms with Crippen molar-refractivity contribution in [3.05, 3.63) is 0 Å². The van der Waals surface area contributed by atoms with Gasteiger partial charge in [0.1, 0.15) is 12.8 Å². The molecule has 0 aliphatic heterocycles. The van der Waals surface area contributed by atoms with Crippen LogP contribution >= 0.6 is 11.8 Å². The van der Waals surface area contributed by atoms with Crippen LogP contribution in [-0.2, 0) is 4.79 Å². The second kappa shape index (κ2) is 8.72. The molecule has 4 atom stereocenters. The maximum Gasteiger partial charge on any atom is 0.188 e. The molecule has 0 aromatic carbocycles. The molecule has 0 amide bonds. The summed E-state index contributed by atoms with van der Waals surface area (Å²) in [5.41, 5.74) is 0. The van der Waals surface area contributed by atoms with E-state index in [1.165, 1.54) is 0 Å². The molecule has 7 heteroatoms. The minimum atomic E-state index is -2.80. The molecule has 0 radical (unpaired) electrons. The van der Waals surface area contributed by atoms with Crippen molar-refractivity contribution in [2.45, 2.75) is 44.5 Å². The van der Waals surface area contributed by atoms with Crippen molar-refractivity contribution >= 4 is 16.9 Å². The molecule has 0 aliphatic rings. The lowest BCUT2D eigenvalue weighted by Crippen LogP contribution is -2.36. The highest BCUT2D eigenvalue weighted by Gasteiger charge is 2.35. The predicted octanol–water partition coefficient (Wildman–Crippen LogP) is 3.37. The largest absolute Gasteiger partial charge is 0.287 e. The highest BCUT2D eigenvalue weighted by atomic mass is 32.2. The molecule has 0 bridgehead atoms. The second-order valence-electron chi connectivity index (χ2n) is 3.44. The van der Waals surface area contributed by atoms with Crippen molar-refractivity contribution in [2.24, 2.45) is 0 Å². The van der Waals surface area contributed by atoms with Crippen LogP contribution in [0.2, 0.25) is 0 Å². The van der Waals surface area contributed by atoms with E-state index in [-0.39, 0.29) is 17.3 Å². The minimum Gasteiger partial charge on any atom is -0.287 e. The molecular weight excluding hydrogens is 263 g/mol. The number of carbonyl (C=O) groups excluding carboxylic acids is 1. The van der Waals surface area contributed by atoms with Crippen molar-refractivity contribution in [1.82, 2.24) is 0 Å². The first-order chi connectivity index (χ1) is 7.93. The predicted molar refractivity (Wildman–Crippen MR) is 57.9 cm³/mol. The molecule has 0 fully saturated rings. The summed E-state index contributed by atoms with van der Waals surface area (Å²) in [4.78, 5) is 10.8. The Kier molecular flexibility index (Phi) is 8.55.